The van der Waals surface area contributed by atoms with Crippen molar-refractivity contribution >= 4 is 41.0 Å². The van der Waals surface area contributed by atoms with Gasteiger partial charge in [0.2, 0.25) is 11.8 Å². The molecule has 60 heavy (non-hydrogen) atoms. The van der Waals surface area contributed by atoms with Crippen LogP contribution in [-0.4, -0.2) is 114 Å². The van der Waals surface area contributed by atoms with Gasteiger partial charge in [-0.3, -0.25) is 34.2 Å². The van der Waals surface area contributed by atoms with Crippen LogP contribution in [0.3, 0.4) is 0 Å². The van der Waals surface area contributed by atoms with Gasteiger partial charge in [0, 0.05) is 50.6 Å². The molecular formula is C44H48FN9O6. The Bertz CT molecular complexity index is 2220. The number of nitrogens with one attached hydrogen (secondary N) is 2. The van der Waals surface area contributed by atoms with Gasteiger partial charge in [-0.2, -0.15) is 5.26 Å². The van der Waals surface area contributed by atoms with Gasteiger partial charge in [0.1, 0.15) is 17.6 Å². The second-order valence-corrected chi connectivity index (χ2v) is 17.4. The summed E-state index contributed by atoms with van der Waals surface area (Å²) in [5, 5.41) is 23.0. The topological polar surface area (TPSA) is 181 Å². The van der Waals surface area contributed by atoms with E-state index >= 15 is 4.39 Å². The van der Waals surface area contributed by atoms with Crippen molar-refractivity contribution in [1.82, 2.24) is 30.6 Å². The molecule has 4 saturated heterocycles. The molecule has 0 bridgehead atoms. The van der Waals surface area contributed by atoms with Crippen molar-refractivity contribution in [3.8, 4) is 11.8 Å². The second kappa shape index (κ2) is 16.2. The summed E-state index contributed by atoms with van der Waals surface area (Å²) in [6, 6.07) is 14.4. The van der Waals surface area contributed by atoms with Gasteiger partial charge in [-0.15, -0.1) is 10.2 Å². The van der Waals surface area contributed by atoms with Gasteiger partial charge in [0.05, 0.1) is 34.6 Å². The summed E-state index contributed by atoms with van der Waals surface area (Å²) in [6.45, 7) is 6.06. The molecule has 5 aliphatic heterocycles. The van der Waals surface area contributed by atoms with Crippen LogP contribution in [0.25, 0.3) is 0 Å². The first-order valence-corrected chi connectivity index (χ1v) is 21.1. The fraction of sp³-hybridized carbons (Fsp3) is 0.500. The SMILES string of the molecule is N#Cc1ccc(OC2CCC(NC(=O)c3ccc(N4CCC(CN5CCC6(CC5)CN(c5cc7c(cc5F)C(=O)N(C5CCC(=O)NC5=O)C7=O)C6)CC4)nn3)CC2)cc1. The molecule has 1 unspecified atom stereocenters. The summed E-state index contributed by atoms with van der Waals surface area (Å²) in [5.74, 6) is -1.17. The van der Waals surface area contributed by atoms with E-state index in [4.69, 9.17) is 10.00 Å². The zero-order chi connectivity index (χ0) is 41.5. The lowest BCUT2D eigenvalue weighted by atomic mass is 9.71. The number of likely N-dealkylation sites (tertiary alicyclic amines) is 1. The van der Waals surface area contributed by atoms with Gasteiger partial charge < -0.3 is 24.8 Å². The smallest absolute Gasteiger partial charge is 0.272 e. The fourth-order valence-electron chi connectivity index (χ4n) is 9.89. The van der Waals surface area contributed by atoms with E-state index < -0.39 is 35.5 Å². The molecule has 6 heterocycles. The Kier molecular flexibility index (Phi) is 10.7. The maximum Gasteiger partial charge on any atom is 0.272 e. The zero-order valence-electron chi connectivity index (χ0n) is 33.4. The molecule has 312 valence electrons. The highest BCUT2D eigenvalue weighted by molar-refractivity contribution is 6.23. The number of hydrogen-bond donors (Lipinski definition) is 2. The van der Waals surface area contributed by atoms with Crippen LogP contribution in [0.2, 0.25) is 0 Å². The number of imide groups is 2. The summed E-state index contributed by atoms with van der Waals surface area (Å²) in [6.07, 6.45) is 7.51. The van der Waals surface area contributed by atoms with Crippen molar-refractivity contribution in [2.45, 2.75) is 82.4 Å². The van der Waals surface area contributed by atoms with Crippen LogP contribution in [-0.2, 0) is 9.59 Å². The lowest BCUT2D eigenvalue weighted by Gasteiger charge is -2.55. The van der Waals surface area contributed by atoms with Crippen LogP contribution in [0.1, 0.15) is 101 Å². The Labute approximate surface area is 347 Å². The van der Waals surface area contributed by atoms with E-state index in [-0.39, 0.29) is 47.4 Å². The van der Waals surface area contributed by atoms with Gasteiger partial charge in [0.15, 0.2) is 11.5 Å². The van der Waals surface area contributed by atoms with Crippen LogP contribution in [0.5, 0.6) is 5.75 Å². The molecule has 1 atom stereocenters. The maximum atomic E-state index is 15.4. The van der Waals surface area contributed by atoms with E-state index in [1.807, 2.05) is 23.1 Å². The Hall–Kier alpha value is -5.95. The number of hydrogen-bond acceptors (Lipinski definition) is 12. The molecule has 15 nitrogen and oxygen atoms in total. The van der Waals surface area contributed by atoms with Gasteiger partial charge in [0.25, 0.3) is 17.7 Å². The number of piperidine rings is 3. The number of aromatic nitrogens is 2. The summed E-state index contributed by atoms with van der Waals surface area (Å²) >= 11 is 0. The third-order valence-corrected chi connectivity index (χ3v) is 13.5. The van der Waals surface area contributed by atoms with E-state index in [0.717, 1.165) is 107 Å². The predicted molar refractivity (Wildman–Crippen MR) is 216 cm³/mol. The molecule has 2 aromatic carbocycles. The van der Waals surface area contributed by atoms with Crippen molar-refractivity contribution in [1.29, 1.82) is 5.26 Å². The van der Waals surface area contributed by atoms with Crippen molar-refractivity contribution in [2.24, 2.45) is 11.3 Å². The number of nitrogens with zero attached hydrogens (tertiary/aromatic N) is 7. The summed E-state index contributed by atoms with van der Waals surface area (Å²) in [7, 11) is 0. The fourth-order valence-corrected chi connectivity index (χ4v) is 9.89. The van der Waals surface area contributed by atoms with E-state index in [0.29, 0.717) is 36.0 Å². The highest BCUT2D eigenvalue weighted by atomic mass is 19.1. The van der Waals surface area contributed by atoms with E-state index in [9.17, 15) is 24.0 Å². The molecule has 3 aromatic rings. The summed E-state index contributed by atoms with van der Waals surface area (Å²) in [5.41, 5.74) is 1.32. The maximum absolute atomic E-state index is 15.4. The third kappa shape index (κ3) is 7.90. The molecule has 1 aromatic heterocycles. The summed E-state index contributed by atoms with van der Waals surface area (Å²) in [4.78, 5) is 71.1. The van der Waals surface area contributed by atoms with E-state index in [1.54, 1.807) is 18.2 Å². The number of carbonyl (C=O) groups is 5. The third-order valence-electron chi connectivity index (χ3n) is 13.5. The Morgan fingerprint density at radius 3 is 2.22 bits per heavy atom. The summed E-state index contributed by atoms with van der Waals surface area (Å²) < 4.78 is 21.5. The molecule has 1 aliphatic carbocycles. The monoisotopic (exact) mass is 817 g/mol. The number of ether oxygens (including phenoxy) is 1. The number of anilines is 2. The Morgan fingerprint density at radius 2 is 1.57 bits per heavy atom. The molecule has 1 spiro atoms. The van der Waals surface area contributed by atoms with Crippen LogP contribution in [0.15, 0.2) is 48.5 Å². The van der Waals surface area contributed by atoms with Crippen molar-refractivity contribution in [3.63, 3.8) is 0 Å². The van der Waals surface area contributed by atoms with Gasteiger partial charge in [-0.05, 0) is 125 Å². The highest BCUT2D eigenvalue weighted by Crippen LogP contribution is 2.45. The standard InChI is InChI=1S/C44H48FN9O6/c45-34-21-32-33(43(59)54(42(32)58)36-10-12-39(55)48-41(36)57)22-37(34)53-25-44(26-53)15-19-51(20-16-44)24-28-13-17-52(18-14-28)38-11-9-35(49-50-38)40(56)47-29-3-7-31(8-4-29)60-30-5-1-27(23-46)2-6-30/h1-2,5-6,9,11,21-22,28-29,31,36H,3-4,7-8,10,12-20,24-26H2,(H,47,56)(H,48,55,57). The van der Waals surface area contributed by atoms with Gasteiger partial charge in [-0.1, -0.05) is 0 Å². The Balaban J connectivity index is 0.693. The van der Waals surface area contributed by atoms with E-state index in [2.05, 4.69) is 36.7 Å². The molecule has 5 fully saturated rings. The van der Waals surface area contributed by atoms with E-state index in [1.165, 1.54) is 6.07 Å². The largest absolute Gasteiger partial charge is 0.490 e. The lowest BCUT2D eigenvalue weighted by Crippen LogP contribution is -2.61. The molecule has 2 N–H and O–H groups in total. The number of fused-ring (bicyclic) bond motifs is 1. The zero-order valence-corrected chi connectivity index (χ0v) is 33.4. The average Bonchev–Trinajstić information content (AvgIpc) is 3.48. The first-order chi connectivity index (χ1) is 29.0. The quantitative estimate of drug-likeness (QED) is 0.299. The van der Waals surface area contributed by atoms with Gasteiger partial charge in [-0.25, -0.2) is 4.39 Å². The number of nitriles is 1. The molecule has 16 heteroatoms. The average molecular weight is 818 g/mol. The minimum absolute atomic E-state index is 0.0232. The van der Waals surface area contributed by atoms with Crippen LogP contribution in [0.4, 0.5) is 15.9 Å². The number of benzene rings is 2. The minimum atomic E-state index is -1.09. The number of carbonyl (C=O) groups excluding carboxylic acids is 5. The number of rotatable bonds is 9. The first kappa shape index (κ1) is 39.5. The number of halogens is 1. The molecule has 9 rings (SSSR count). The van der Waals surface area contributed by atoms with Crippen molar-refractivity contribution in [2.75, 3.05) is 55.6 Å². The predicted octanol–water partition coefficient (Wildman–Crippen LogP) is 3.83. The Morgan fingerprint density at radius 1 is 0.867 bits per heavy atom. The molecule has 0 radical (unpaired) electrons. The molecule has 6 aliphatic rings. The highest BCUT2D eigenvalue weighted by Gasteiger charge is 2.48. The number of amides is 5. The minimum Gasteiger partial charge on any atom is -0.490 e. The molecule has 1 saturated carbocycles. The van der Waals surface area contributed by atoms with Crippen molar-refractivity contribution in [3.05, 3.63) is 76.7 Å². The van der Waals surface area contributed by atoms with Gasteiger partial charge >= 0.3 is 0 Å². The second-order valence-electron chi connectivity index (χ2n) is 17.4. The normalized spacial score (nSPS) is 24.5. The molecular weight excluding hydrogens is 770 g/mol. The first-order valence-electron chi connectivity index (χ1n) is 21.1. The van der Waals surface area contributed by atoms with Crippen molar-refractivity contribution < 1.29 is 33.1 Å². The van der Waals surface area contributed by atoms with Crippen LogP contribution in [0, 0.1) is 28.5 Å². The van der Waals surface area contributed by atoms with Crippen LogP contribution < -0.4 is 25.2 Å². The molecule has 5 amide bonds. The van der Waals surface area contributed by atoms with Crippen LogP contribution >= 0.6 is 0 Å². The lowest BCUT2D eigenvalue weighted by molar-refractivity contribution is -0.136.